The zero-order valence-corrected chi connectivity index (χ0v) is 12.3. The Balaban J connectivity index is 2.11. The van der Waals surface area contributed by atoms with Crippen molar-refractivity contribution in [2.45, 2.75) is 20.4 Å². The van der Waals surface area contributed by atoms with E-state index in [0.717, 1.165) is 33.3 Å². The average molecular weight is 278 g/mol. The van der Waals surface area contributed by atoms with Gasteiger partial charge in [-0.05, 0) is 36.9 Å². The molecule has 1 aromatic heterocycles. The van der Waals surface area contributed by atoms with Crippen LogP contribution in [-0.4, -0.2) is 4.98 Å². The summed E-state index contributed by atoms with van der Waals surface area (Å²) in [6.45, 7) is 4.41. The predicted octanol–water partition coefficient (Wildman–Crippen LogP) is 4.10. The third-order valence-electron chi connectivity index (χ3n) is 3.60. The minimum atomic E-state index is 0.416. The number of aromatic nitrogens is 1. The third kappa shape index (κ3) is 2.60. The summed E-state index contributed by atoms with van der Waals surface area (Å²) in [5.74, 6) is 1.41. The van der Waals surface area contributed by atoms with Gasteiger partial charge in [-0.25, -0.2) is 4.98 Å². The van der Waals surface area contributed by atoms with E-state index in [0.29, 0.717) is 12.4 Å². The summed E-state index contributed by atoms with van der Waals surface area (Å²) in [7, 11) is 0. The highest BCUT2D eigenvalue weighted by Crippen LogP contribution is 2.31. The number of benzene rings is 2. The van der Waals surface area contributed by atoms with Crippen molar-refractivity contribution in [2.24, 2.45) is 5.73 Å². The van der Waals surface area contributed by atoms with Gasteiger partial charge in [-0.15, -0.1) is 0 Å². The maximum Gasteiger partial charge on any atom is 0.224 e. The minimum absolute atomic E-state index is 0.416. The van der Waals surface area contributed by atoms with Gasteiger partial charge in [0.1, 0.15) is 5.75 Å². The van der Waals surface area contributed by atoms with Crippen LogP contribution >= 0.6 is 0 Å². The molecule has 0 aliphatic rings. The van der Waals surface area contributed by atoms with Crippen molar-refractivity contribution in [3.05, 3.63) is 65.4 Å². The lowest BCUT2D eigenvalue weighted by Gasteiger charge is -2.13. The molecule has 3 nitrogen and oxygen atoms in total. The predicted molar refractivity (Wildman–Crippen MR) is 85.6 cm³/mol. The monoisotopic (exact) mass is 278 g/mol. The lowest BCUT2D eigenvalue weighted by Crippen LogP contribution is -2.05. The van der Waals surface area contributed by atoms with Gasteiger partial charge in [-0.2, -0.15) is 0 Å². The van der Waals surface area contributed by atoms with Gasteiger partial charge >= 0.3 is 0 Å². The molecule has 21 heavy (non-hydrogen) atoms. The second-order valence-electron chi connectivity index (χ2n) is 5.15. The Morgan fingerprint density at radius 2 is 1.81 bits per heavy atom. The molecular weight excluding hydrogens is 260 g/mol. The molecule has 0 unspecified atom stereocenters. The molecule has 0 spiro atoms. The smallest absolute Gasteiger partial charge is 0.224 e. The highest BCUT2D eigenvalue weighted by atomic mass is 16.5. The number of nitrogens with zero attached hydrogens (tertiary/aromatic N) is 1. The van der Waals surface area contributed by atoms with Gasteiger partial charge in [0.15, 0.2) is 0 Å². The normalized spacial score (nSPS) is 10.8. The van der Waals surface area contributed by atoms with Crippen LogP contribution in [-0.2, 0) is 6.54 Å². The Bertz CT molecular complexity index is 791. The van der Waals surface area contributed by atoms with Gasteiger partial charge in [-0.1, -0.05) is 36.4 Å². The van der Waals surface area contributed by atoms with Crippen LogP contribution < -0.4 is 10.5 Å². The number of pyridine rings is 1. The Labute approximate surface area is 124 Å². The van der Waals surface area contributed by atoms with E-state index >= 15 is 0 Å². The molecule has 0 radical (unpaired) electrons. The summed E-state index contributed by atoms with van der Waals surface area (Å²) in [5.41, 5.74) is 8.84. The maximum absolute atomic E-state index is 6.08. The fraction of sp³-hybridized carbons (Fsp3) is 0.167. The molecule has 3 rings (SSSR count). The van der Waals surface area contributed by atoms with Crippen LogP contribution in [0.25, 0.3) is 10.8 Å². The molecule has 0 aliphatic carbocycles. The summed E-state index contributed by atoms with van der Waals surface area (Å²) in [5, 5.41) is 2.22. The molecule has 2 aromatic carbocycles. The molecule has 0 aliphatic heterocycles. The molecule has 0 fully saturated rings. The fourth-order valence-corrected chi connectivity index (χ4v) is 2.55. The summed E-state index contributed by atoms with van der Waals surface area (Å²) < 4.78 is 6.08. The minimum Gasteiger partial charge on any atom is -0.438 e. The van der Waals surface area contributed by atoms with Gasteiger partial charge in [0, 0.05) is 23.2 Å². The van der Waals surface area contributed by atoms with Gasteiger partial charge < -0.3 is 10.5 Å². The molecular formula is C18H18N2O. The number of fused-ring (bicyclic) bond motifs is 1. The molecule has 1 heterocycles. The zero-order chi connectivity index (χ0) is 14.8. The van der Waals surface area contributed by atoms with Crippen LogP contribution in [0.15, 0.2) is 48.5 Å². The second kappa shape index (κ2) is 5.54. The quantitative estimate of drug-likeness (QED) is 0.784. The van der Waals surface area contributed by atoms with Crippen molar-refractivity contribution >= 4 is 10.8 Å². The molecule has 0 atom stereocenters. The zero-order valence-electron chi connectivity index (χ0n) is 12.3. The second-order valence-corrected chi connectivity index (χ2v) is 5.15. The molecule has 0 amide bonds. The van der Waals surface area contributed by atoms with Crippen molar-refractivity contribution in [1.82, 2.24) is 4.98 Å². The van der Waals surface area contributed by atoms with E-state index in [9.17, 15) is 0 Å². The first-order chi connectivity index (χ1) is 10.2. The van der Waals surface area contributed by atoms with Crippen molar-refractivity contribution in [3.63, 3.8) is 0 Å². The number of nitrogens with two attached hydrogens (primary N) is 1. The molecule has 106 valence electrons. The van der Waals surface area contributed by atoms with Crippen LogP contribution in [0.1, 0.15) is 16.8 Å². The topological polar surface area (TPSA) is 48.1 Å². The van der Waals surface area contributed by atoms with E-state index in [1.165, 1.54) is 0 Å². The standard InChI is InChI=1S/C18H18N2O/c1-12-10-13(2)20-18(16(12)11-19)21-17-9-5-7-14-6-3-4-8-15(14)17/h3-10H,11,19H2,1-2H3. The largest absolute Gasteiger partial charge is 0.438 e. The first-order valence-corrected chi connectivity index (χ1v) is 7.02. The molecule has 3 aromatic rings. The van der Waals surface area contributed by atoms with Crippen LogP contribution in [0.3, 0.4) is 0 Å². The Hall–Kier alpha value is -2.39. The van der Waals surface area contributed by atoms with Crippen molar-refractivity contribution in [3.8, 4) is 11.6 Å². The lowest BCUT2D eigenvalue weighted by molar-refractivity contribution is 0.459. The van der Waals surface area contributed by atoms with E-state index in [4.69, 9.17) is 10.5 Å². The van der Waals surface area contributed by atoms with Crippen LogP contribution in [0.2, 0.25) is 0 Å². The molecule has 3 heteroatoms. The number of hydrogen-bond donors (Lipinski definition) is 1. The average Bonchev–Trinajstić information content (AvgIpc) is 2.47. The van der Waals surface area contributed by atoms with E-state index in [1.807, 2.05) is 44.2 Å². The first-order valence-electron chi connectivity index (χ1n) is 7.02. The van der Waals surface area contributed by atoms with Crippen molar-refractivity contribution < 1.29 is 4.74 Å². The van der Waals surface area contributed by atoms with E-state index in [2.05, 4.69) is 23.2 Å². The van der Waals surface area contributed by atoms with Gasteiger partial charge in [0.2, 0.25) is 5.88 Å². The number of hydrogen-bond acceptors (Lipinski definition) is 3. The summed E-state index contributed by atoms with van der Waals surface area (Å²) in [6.07, 6.45) is 0. The van der Waals surface area contributed by atoms with Crippen molar-refractivity contribution in [2.75, 3.05) is 0 Å². The Morgan fingerprint density at radius 3 is 2.62 bits per heavy atom. The number of ether oxygens (including phenoxy) is 1. The first kappa shape index (κ1) is 13.6. The molecule has 2 N–H and O–H groups in total. The number of aryl methyl sites for hydroxylation is 2. The molecule has 0 saturated carbocycles. The maximum atomic E-state index is 6.08. The number of rotatable bonds is 3. The Morgan fingerprint density at radius 1 is 1.05 bits per heavy atom. The summed E-state index contributed by atoms with van der Waals surface area (Å²) in [4.78, 5) is 4.50. The highest BCUT2D eigenvalue weighted by molar-refractivity contribution is 5.88. The van der Waals surface area contributed by atoms with Gasteiger partial charge in [0.05, 0.1) is 0 Å². The summed E-state index contributed by atoms with van der Waals surface area (Å²) >= 11 is 0. The van der Waals surface area contributed by atoms with Gasteiger partial charge in [-0.3, -0.25) is 0 Å². The van der Waals surface area contributed by atoms with E-state index in [1.54, 1.807) is 0 Å². The van der Waals surface area contributed by atoms with Crippen LogP contribution in [0, 0.1) is 13.8 Å². The third-order valence-corrected chi connectivity index (χ3v) is 3.60. The summed E-state index contributed by atoms with van der Waals surface area (Å²) in [6, 6.07) is 16.2. The molecule has 0 bridgehead atoms. The molecule has 0 saturated heterocycles. The van der Waals surface area contributed by atoms with E-state index in [-0.39, 0.29) is 0 Å². The highest BCUT2D eigenvalue weighted by Gasteiger charge is 2.11. The lowest BCUT2D eigenvalue weighted by atomic mass is 10.1. The van der Waals surface area contributed by atoms with E-state index < -0.39 is 0 Å². The Kier molecular flexibility index (Phi) is 3.59. The van der Waals surface area contributed by atoms with Crippen LogP contribution in [0.5, 0.6) is 11.6 Å². The fourth-order valence-electron chi connectivity index (χ4n) is 2.55. The van der Waals surface area contributed by atoms with Crippen molar-refractivity contribution in [1.29, 1.82) is 0 Å². The van der Waals surface area contributed by atoms with Crippen LogP contribution in [0.4, 0.5) is 0 Å². The van der Waals surface area contributed by atoms with Gasteiger partial charge in [0.25, 0.3) is 0 Å². The SMILES string of the molecule is Cc1cc(C)c(CN)c(Oc2cccc3ccccc23)n1.